The topological polar surface area (TPSA) is 26.9 Å². The molecule has 1 aromatic heterocycles. The Labute approximate surface area is 58.9 Å². The highest BCUT2D eigenvalue weighted by molar-refractivity contribution is 5.41. The zero-order valence-electron chi connectivity index (χ0n) is 5.89. The SMILES string of the molecule is CC1=c2cccnc2=[NH+]C1. The molecule has 1 aliphatic rings. The fourth-order valence-corrected chi connectivity index (χ4v) is 1.20. The van der Waals surface area contributed by atoms with Crippen LogP contribution in [-0.2, 0) is 0 Å². The van der Waals surface area contributed by atoms with Crippen LogP contribution in [0.25, 0.3) is 5.57 Å². The molecular formula is C8H9N2+. The van der Waals surface area contributed by atoms with E-state index in [0.29, 0.717) is 0 Å². The van der Waals surface area contributed by atoms with E-state index in [0.717, 1.165) is 12.0 Å². The minimum atomic E-state index is 0.951. The first-order chi connectivity index (χ1) is 4.88. The first-order valence-corrected chi connectivity index (χ1v) is 3.39. The lowest BCUT2D eigenvalue weighted by atomic mass is 10.2. The number of nitrogens with zero attached hydrogens (tertiary/aromatic N) is 1. The Morgan fingerprint density at radius 1 is 1.60 bits per heavy atom. The van der Waals surface area contributed by atoms with E-state index in [4.69, 9.17) is 0 Å². The molecule has 0 aromatic carbocycles. The third-order valence-corrected chi connectivity index (χ3v) is 1.79. The van der Waals surface area contributed by atoms with Crippen LogP contribution in [0.3, 0.4) is 0 Å². The molecule has 0 atom stereocenters. The summed E-state index contributed by atoms with van der Waals surface area (Å²) in [5.74, 6) is 0. The Kier molecular flexibility index (Phi) is 1.07. The lowest BCUT2D eigenvalue weighted by Crippen LogP contribution is -2.76. The van der Waals surface area contributed by atoms with E-state index < -0.39 is 0 Å². The molecule has 10 heavy (non-hydrogen) atoms. The van der Waals surface area contributed by atoms with E-state index in [-0.39, 0.29) is 0 Å². The number of hydrogen-bond donors (Lipinski definition) is 1. The summed E-state index contributed by atoms with van der Waals surface area (Å²) in [6.45, 7) is 3.08. The molecule has 0 saturated heterocycles. The van der Waals surface area contributed by atoms with Crippen molar-refractivity contribution in [1.82, 2.24) is 4.98 Å². The van der Waals surface area contributed by atoms with Gasteiger partial charge in [-0.15, -0.1) is 0 Å². The van der Waals surface area contributed by atoms with Crippen molar-refractivity contribution in [3.63, 3.8) is 0 Å². The second-order valence-electron chi connectivity index (χ2n) is 2.53. The number of hydrogen-bond acceptors (Lipinski definition) is 1. The van der Waals surface area contributed by atoms with Crippen molar-refractivity contribution < 1.29 is 4.99 Å². The largest absolute Gasteiger partial charge is 0.323 e. The number of rotatable bonds is 0. The molecule has 0 amide bonds. The minimum absolute atomic E-state index is 0.951. The van der Waals surface area contributed by atoms with Gasteiger partial charge in [-0.1, -0.05) is 0 Å². The summed E-state index contributed by atoms with van der Waals surface area (Å²) < 4.78 is 0. The van der Waals surface area contributed by atoms with Crippen LogP contribution in [0.15, 0.2) is 18.3 Å². The number of aromatic nitrogens is 1. The first-order valence-electron chi connectivity index (χ1n) is 3.39. The second-order valence-corrected chi connectivity index (χ2v) is 2.53. The normalized spacial score (nSPS) is 14.7. The highest BCUT2D eigenvalue weighted by Gasteiger charge is 2.05. The van der Waals surface area contributed by atoms with Gasteiger partial charge in [0, 0.05) is 0 Å². The summed E-state index contributed by atoms with van der Waals surface area (Å²) in [6, 6.07) is 4.06. The van der Waals surface area contributed by atoms with Gasteiger partial charge in [-0.2, -0.15) is 0 Å². The molecule has 0 unspecified atom stereocenters. The summed E-state index contributed by atoms with van der Waals surface area (Å²) in [7, 11) is 0. The summed E-state index contributed by atoms with van der Waals surface area (Å²) in [5.41, 5.74) is 2.41. The van der Waals surface area contributed by atoms with Crippen molar-refractivity contribution in [2.75, 3.05) is 6.54 Å². The quantitative estimate of drug-likeness (QED) is 0.434. The lowest BCUT2D eigenvalue weighted by Gasteiger charge is -1.79. The van der Waals surface area contributed by atoms with Crippen molar-refractivity contribution in [1.29, 1.82) is 0 Å². The standard InChI is InChI=1S/C8H8N2/c1-6-5-10-8-7(6)3-2-4-9-8/h2-4H,5H2,1H3/p+1. The number of nitrogens with one attached hydrogen (secondary N) is 1. The van der Waals surface area contributed by atoms with E-state index in [2.05, 4.69) is 23.0 Å². The molecule has 1 N–H and O–H groups in total. The molecule has 2 heteroatoms. The van der Waals surface area contributed by atoms with Crippen LogP contribution in [0.1, 0.15) is 6.92 Å². The number of fused-ring (bicyclic) bond motifs is 1. The Morgan fingerprint density at radius 3 is 3.30 bits per heavy atom. The molecule has 0 radical (unpaired) electrons. The molecule has 0 fully saturated rings. The molecular weight excluding hydrogens is 124 g/mol. The third kappa shape index (κ3) is 0.652. The average Bonchev–Trinajstić information content (AvgIpc) is 2.34. The summed E-state index contributed by atoms with van der Waals surface area (Å²) in [4.78, 5) is 7.38. The zero-order valence-corrected chi connectivity index (χ0v) is 5.89. The Hall–Kier alpha value is -1.18. The molecule has 2 nitrogen and oxygen atoms in total. The Morgan fingerprint density at radius 2 is 2.50 bits per heavy atom. The molecule has 1 aliphatic heterocycles. The van der Waals surface area contributed by atoms with Gasteiger partial charge in [-0.25, -0.2) is 0 Å². The van der Waals surface area contributed by atoms with E-state index in [1.165, 1.54) is 10.8 Å². The van der Waals surface area contributed by atoms with Gasteiger partial charge in [0.25, 0.3) is 0 Å². The molecule has 0 aliphatic carbocycles. The van der Waals surface area contributed by atoms with E-state index in [1.807, 2.05) is 12.3 Å². The van der Waals surface area contributed by atoms with Crippen molar-refractivity contribution in [3.8, 4) is 0 Å². The van der Waals surface area contributed by atoms with Gasteiger partial charge < -0.3 is 0 Å². The molecule has 0 spiro atoms. The smallest absolute Gasteiger partial charge is 0.267 e. The van der Waals surface area contributed by atoms with Crippen LogP contribution >= 0.6 is 0 Å². The van der Waals surface area contributed by atoms with E-state index >= 15 is 0 Å². The minimum Gasteiger partial charge on any atom is -0.267 e. The summed E-state index contributed by atoms with van der Waals surface area (Å²) in [5, 5.41) is 1.27. The fourth-order valence-electron chi connectivity index (χ4n) is 1.20. The molecule has 50 valence electrons. The third-order valence-electron chi connectivity index (χ3n) is 1.79. The first kappa shape index (κ1) is 5.59. The van der Waals surface area contributed by atoms with Crippen molar-refractivity contribution in [2.24, 2.45) is 0 Å². The Balaban J connectivity index is 2.96. The molecule has 1 aromatic rings. The van der Waals surface area contributed by atoms with Crippen LogP contribution in [0, 0.1) is 0 Å². The fraction of sp³-hybridized carbons (Fsp3) is 0.250. The predicted octanol–water partition coefficient (Wildman–Crippen LogP) is -2.03. The molecule has 2 heterocycles. The van der Waals surface area contributed by atoms with Gasteiger partial charge in [0.2, 0.25) is 0 Å². The number of pyridine rings is 1. The van der Waals surface area contributed by atoms with E-state index in [1.54, 1.807) is 0 Å². The van der Waals surface area contributed by atoms with Crippen molar-refractivity contribution >= 4 is 5.57 Å². The van der Waals surface area contributed by atoms with Crippen LogP contribution < -0.4 is 15.7 Å². The van der Waals surface area contributed by atoms with Gasteiger partial charge in [0.15, 0.2) is 0 Å². The summed E-state index contributed by atoms with van der Waals surface area (Å²) in [6.07, 6.45) is 1.81. The van der Waals surface area contributed by atoms with Gasteiger partial charge in [-0.05, 0) is 29.6 Å². The maximum Gasteiger partial charge on any atom is 0.323 e. The average molecular weight is 133 g/mol. The van der Waals surface area contributed by atoms with Gasteiger partial charge in [0.1, 0.15) is 12.7 Å². The molecule has 2 rings (SSSR count). The maximum absolute atomic E-state index is 4.18. The lowest BCUT2D eigenvalue weighted by molar-refractivity contribution is -0.485. The van der Waals surface area contributed by atoms with Crippen LogP contribution in [-0.4, -0.2) is 11.5 Å². The monoisotopic (exact) mass is 133 g/mol. The molecule has 0 bridgehead atoms. The van der Waals surface area contributed by atoms with E-state index in [9.17, 15) is 0 Å². The van der Waals surface area contributed by atoms with Gasteiger partial charge >= 0.3 is 5.49 Å². The maximum atomic E-state index is 4.18. The van der Waals surface area contributed by atoms with Crippen molar-refractivity contribution in [3.05, 3.63) is 29.0 Å². The van der Waals surface area contributed by atoms with Crippen LogP contribution in [0.5, 0.6) is 0 Å². The zero-order chi connectivity index (χ0) is 6.97. The van der Waals surface area contributed by atoms with Crippen LogP contribution in [0.4, 0.5) is 0 Å². The highest BCUT2D eigenvalue weighted by Crippen LogP contribution is 1.81. The molecule has 0 saturated carbocycles. The van der Waals surface area contributed by atoms with Crippen LogP contribution in [0.2, 0.25) is 0 Å². The summed E-state index contributed by atoms with van der Waals surface area (Å²) >= 11 is 0. The van der Waals surface area contributed by atoms with Gasteiger partial charge in [0.05, 0.1) is 5.22 Å². The van der Waals surface area contributed by atoms with Crippen molar-refractivity contribution in [2.45, 2.75) is 6.92 Å². The predicted molar refractivity (Wildman–Crippen MR) is 37.5 cm³/mol. The Bertz CT molecular complexity index is 365. The van der Waals surface area contributed by atoms with Gasteiger partial charge in [-0.3, -0.25) is 4.99 Å². The highest BCUT2D eigenvalue weighted by atomic mass is 14.8. The second kappa shape index (κ2) is 1.90.